The normalized spacial score (nSPS) is 21.2. The zero-order chi connectivity index (χ0) is 24.6. The Morgan fingerprint density at radius 3 is 1.88 bits per heavy atom. The maximum absolute atomic E-state index is 6.77. The van der Waals surface area contributed by atoms with Gasteiger partial charge >= 0.3 is 0 Å². The fourth-order valence-corrected chi connectivity index (χ4v) is 11.0. The van der Waals surface area contributed by atoms with Gasteiger partial charge in [-0.25, -0.2) is 0 Å². The standard InChI is InChI=1S/C27H48O5Si/c1-20(2)33(21(3)4,22(5)6)30-17-15-26-18-25(31-27(7,8)32-26)14-16-29-19-23-10-12-24(28-9)13-11-23/h10-13,20-22,25-26H,14-19H2,1-9H3/t25-,26+/m0/s1. The van der Waals surface area contributed by atoms with Crippen LogP contribution in [0, 0.1) is 0 Å². The molecule has 0 unspecified atom stereocenters. The third kappa shape index (κ3) is 8.07. The van der Waals surface area contributed by atoms with Crippen LogP contribution in [0.3, 0.4) is 0 Å². The van der Waals surface area contributed by atoms with Crippen molar-refractivity contribution in [1.82, 2.24) is 0 Å². The van der Waals surface area contributed by atoms with Crippen LogP contribution in [0.2, 0.25) is 16.6 Å². The van der Waals surface area contributed by atoms with Gasteiger partial charge in [-0.15, -0.1) is 0 Å². The lowest BCUT2D eigenvalue weighted by atomic mass is 10.0. The largest absolute Gasteiger partial charge is 0.497 e. The van der Waals surface area contributed by atoms with Crippen LogP contribution in [0.4, 0.5) is 0 Å². The van der Waals surface area contributed by atoms with Gasteiger partial charge in [0.25, 0.3) is 0 Å². The van der Waals surface area contributed by atoms with Crippen LogP contribution in [0.15, 0.2) is 24.3 Å². The van der Waals surface area contributed by atoms with E-state index < -0.39 is 14.1 Å². The van der Waals surface area contributed by atoms with Crippen molar-refractivity contribution in [2.24, 2.45) is 0 Å². The molecule has 5 nitrogen and oxygen atoms in total. The maximum Gasteiger partial charge on any atom is 0.200 e. The van der Waals surface area contributed by atoms with Gasteiger partial charge in [0.15, 0.2) is 14.1 Å². The number of ether oxygens (including phenoxy) is 4. The molecule has 6 heteroatoms. The minimum absolute atomic E-state index is 0.136. The Morgan fingerprint density at radius 1 is 0.879 bits per heavy atom. The molecule has 2 rings (SSSR count). The first-order valence-corrected chi connectivity index (χ1v) is 14.8. The van der Waals surface area contributed by atoms with E-state index in [1.165, 1.54) is 0 Å². The van der Waals surface area contributed by atoms with Gasteiger partial charge in [0, 0.05) is 19.6 Å². The molecule has 190 valence electrons. The van der Waals surface area contributed by atoms with Gasteiger partial charge in [0.1, 0.15) is 5.75 Å². The first-order chi connectivity index (χ1) is 15.5. The van der Waals surface area contributed by atoms with Crippen molar-refractivity contribution in [3.63, 3.8) is 0 Å². The van der Waals surface area contributed by atoms with E-state index in [1.807, 2.05) is 38.1 Å². The smallest absolute Gasteiger partial charge is 0.200 e. The van der Waals surface area contributed by atoms with E-state index in [0.717, 1.165) is 37.2 Å². The van der Waals surface area contributed by atoms with Crippen LogP contribution >= 0.6 is 0 Å². The summed E-state index contributed by atoms with van der Waals surface area (Å²) in [5.74, 6) is 0.286. The van der Waals surface area contributed by atoms with E-state index in [0.29, 0.717) is 29.8 Å². The van der Waals surface area contributed by atoms with Gasteiger partial charge in [-0.3, -0.25) is 0 Å². The van der Waals surface area contributed by atoms with Gasteiger partial charge in [0.2, 0.25) is 0 Å². The van der Waals surface area contributed by atoms with Gasteiger partial charge in [-0.05, 0) is 61.0 Å². The highest BCUT2D eigenvalue weighted by Crippen LogP contribution is 2.42. The van der Waals surface area contributed by atoms with Crippen molar-refractivity contribution in [3.05, 3.63) is 29.8 Å². The second kappa shape index (κ2) is 12.7. The first kappa shape index (κ1) is 28.3. The molecule has 1 aromatic carbocycles. The predicted molar refractivity (Wildman–Crippen MR) is 137 cm³/mol. The molecule has 0 bridgehead atoms. The van der Waals surface area contributed by atoms with Crippen LogP contribution < -0.4 is 4.74 Å². The quantitative estimate of drug-likeness (QED) is 0.223. The lowest BCUT2D eigenvalue weighted by Crippen LogP contribution is -2.49. The average molecular weight is 481 g/mol. The Hall–Kier alpha value is -0.923. The summed E-state index contributed by atoms with van der Waals surface area (Å²) in [4.78, 5) is 0. The van der Waals surface area contributed by atoms with Crippen molar-refractivity contribution in [2.45, 2.75) is 116 Å². The summed E-state index contributed by atoms with van der Waals surface area (Å²) in [6.45, 7) is 20.1. The molecule has 0 saturated carbocycles. The monoisotopic (exact) mass is 480 g/mol. The van der Waals surface area contributed by atoms with Crippen molar-refractivity contribution in [3.8, 4) is 5.75 Å². The maximum atomic E-state index is 6.77. The highest BCUT2D eigenvalue weighted by molar-refractivity contribution is 6.77. The second-order valence-corrected chi connectivity index (χ2v) is 16.2. The molecule has 0 spiro atoms. The molecule has 1 fully saturated rings. The first-order valence-electron chi connectivity index (χ1n) is 12.7. The van der Waals surface area contributed by atoms with Gasteiger partial charge in [-0.1, -0.05) is 53.7 Å². The van der Waals surface area contributed by atoms with Crippen molar-refractivity contribution in [1.29, 1.82) is 0 Å². The fraction of sp³-hybridized carbons (Fsp3) is 0.778. The lowest BCUT2D eigenvalue weighted by molar-refractivity contribution is -0.302. The molecule has 1 aromatic rings. The van der Waals surface area contributed by atoms with Crippen molar-refractivity contribution < 1.29 is 23.4 Å². The molecule has 1 saturated heterocycles. The summed E-state index contributed by atoms with van der Waals surface area (Å²) in [7, 11) is -0.166. The lowest BCUT2D eigenvalue weighted by Gasteiger charge is -2.44. The summed E-state index contributed by atoms with van der Waals surface area (Å²) in [6.07, 6.45) is 2.95. The molecule has 1 aliphatic rings. The van der Waals surface area contributed by atoms with E-state index in [9.17, 15) is 0 Å². The minimum Gasteiger partial charge on any atom is -0.497 e. The Morgan fingerprint density at radius 2 is 1.39 bits per heavy atom. The summed E-state index contributed by atoms with van der Waals surface area (Å²) < 4.78 is 30.4. The molecule has 0 aliphatic carbocycles. The summed E-state index contributed by atoms with van der Waals surface area (Å²) in [5, 5.41) is 0. The average Bonchev–Trinajstić information content (AvgIpc) is 2.73. The number of hydrogen-bond donors (Lipinski definition) is 0. The molecular weight excluding hydrogens is 432 g/mol. The molecule has 0 N–H and O–H groups in total. The second-order valence-electron chi connectivity index (χ2n) is 10.8. The minimum atomic E-state index is -1.84. The molecular formula is C27H48O5Si. The molecule has 1 heterocycles. The molecule has 0 amide bonds. The van der Waals surface area contributed by atoms with Crippen molar-refractivity contribution >= 4 is 8.32 Å². The van der Waals surface area contributed by atoms with Gasteiger partial charge in [-0.2, -0.15) is 0 Å². The van der Waals surface area contributed by atoms with Crippen molar-refractivity contribution in [2.75, 3.05) is 20.3 Å². The van der Waals surface area contributed by atoms with Crippen LogP contribution in [0.25, 0.3) is 0 Å². The SMILES string of the molecule is COc1ccc(COCC[C@H]2C[C@@H](CCO[Si](C(C)C)(C(C)C)C(C)C)OC(C)(C)O2)cc1. The van der Waals surface area contributed by atoms with E-state index in [4.69, 9.17) is 23.4 Å². The fourth-order valence-electron chi connectivity index (χ4n) is 5.57. The van der Waals surface area contributed by atoms with Crippen LogP contribution in [-0.4, -0.2) is 46.6 Å². The zero-order valence-electron chi connectivity index (χ0n) is 22.5. The van der Waals surface area contributed by atoms with E-state index in [-0.39, 0.29) is 12.2 Å². The van der Waals surface area contributed by atoms with E-state index >= 15 is 0 Å². The number of rotatable bonds is 13. The van der Waals surface area contributed by atoms with Crippen LogP contribution in [0.1, 0.15) is 80.2 Å². The third-order valence-corrected chi connectivity index (χ3v) is 13.1. The third-order valence-electron chi connectivity index (χ3n) is 6.94. The Kier molecular flexibility index (Phi) is 10.9. The topological polar surface area (TPSA) is 46.2 Å². The zero-order valence-corrected chi connectivity index (χ0v) is 23.5. The molecule has 0 radical (unpaired) electrons. The molecule has 33 heavy (non-hydrogen) atoms. The molecule has 0 aromatic heterocycles. The highest BCUT2D eigenvalue weighted by Gasteiger charge is 2.45. The Labute approximate surface area is 203 Å². The Bertz CT molecular complexity index is 664. The van der Waals surface area contributed by atoms with E-state index in [1.54, 1.807) is 7.11 Å². The Balaban J connectivity index is 1.83. The van der Waals surface area contributed by atoms with Crippen LogP contribution in [0.5, 0.6) is 5.75 Å². The van der Waals surface area contributed by atoms with E-state index in [2.05, 4.69) is 41.5 Å². The number of benzene rings is 1. The van der Waals surface area contributed by atoms with Crippen LogP contribution in [-0.2, 0) is 25.2 Å². The summed E-state index contributed by atoms with van der Waals surface area (Å²) in [6, 6.07) is 8.01. The van der Waals surface area contributed by atoms with Gasteiger partial charge in [0.05, 0.1) is 25.9 Å². The number of hydrogen-bond acceptors (Lipinski definition) is 5. The highest BCUT2D eigenvalue weighted by atomic mass is 28.4. The molecule has 1 aliphatic heterocycles. The molecule has 2 atom stereocenters. The summed E-state index contributed by atoms with van der Waals surface area (Å²) >= 11 is 0. The predicted octanol–water partition coefficient (Wildman–Crippen LogP) is 7.09. The van der Waals surface area contributed by atoms with Gasteiger partial charge < -0.3 is 23.4 Å². The number of methoxy groups -OCH3 is 1. The summed E-state index contributed by atoms with van der Waals surface area (Å²) in [5.41, 5.74) is 2.94.